The third-order valence-electron chi connectivity index (χ3n) is 7.20. The van der Waals surface area contributed by atoms with Gasteiger partial charge in [0.05, 0.1) is 12.7 Å². The lowest BCUT2D eigenvalue weighted by Gasteiger charge is -2.47. The molecule has 1 aromatic rings. The van der Waals surface area contributed by atoms with Crippen molar-refractivity contribution < 1.29 is 4.74 Å². The molecule has 2 N–H and O–H groups in total. The summed E-state index contributed by atoms with van der Waals surface area (Å²) in [6.45, 7) is 7.01. The summed E-state index contributed by atoms with van der Waals surface area (Å²) in [6.07, 6.45) is 15.4. The Morgan fingerprint density at radius 2 is 2.11 bits per heavy atom. The average molecular weight is 374 g/mol. The van der Waals surface area contributed by atoms with E-state index in [9.17, 15) is 0 Å². The first-order valence-corrected chi connectivity index (χ1v) is 10.9. The quantitative estimate of drug-likeness (QED) is 0.739. The molecular weight excluding hydrogens is 338 g/mol. The van der Waals surface area contributed by atoms with E-state index in [1.54, 1.807) is 6.20 Å². The molecule has 1 saturated heterocycles. The molecule has 1 atom stereocenters. The lowest BCUT2D eigenvalue weighted by molar-refractivity contribution is -0.0284. The average Bonchev–Trinajstić information content (AvgIpc) is 3.38. The molecule has 27 heavy (non-hydrogen) atoms. The van der Waals surface area contributed by atoms with E-state index in [1.165, 1.54) is 63.7 Å². The van der Waals surface area contributed by atoms with Gasteiger partial charge >= 0.3 is 0 Å². The molecule has 0 bridgehead atoms. The SMILES string of the molecule is CC1CC(=NNc2ncc[nH]2)CCC12CCC(OCCN1CCCC1)CC2. The highest BCUT2D eigenvalue weighted by molar-refractivity contribution is 5.86. The zero-order valence-electron chi connectivity index (χ0n) is 16.8. The minimum Gasteiger partial charge on any atom is -0.377 e. The highest BCUT2D eigenvalue weighted by Crippen LogP contribution is 2.50. The van der Waals surface area contributed by atoms with Crippen LogP contribution in [0.2, 0.25) is 0 Å². The van der Waals surface area contributed by atoms with E-state index < -0.39 is 0 Å². The van der Waals surface area contributed by atoms with Gasteiger partial charge in [-0.05, 0) is 82.2 Å². The summed E-state index contributed by atoms with van der Waals surface area (Å²) in [4.78, 5) is 9.75. The zero-order chi connectivity index (χ0) is 18.5. The molecule has 6 nitrogen and oxygen atoms in total. The molecule has 1 spiro atoms. The van der Waals surface area contributed by atoms with Crippen LogP contribution < -0.4 is 5.43 Å². The summed E-state index contributed by atoms with van der Waals surface area (Å²) in [5, 5.41) is 4.59. The van der Waals surface area contributed by atoms with Crippen molar-refractivity contribution >= 4 is 11.7 Å². The Hall–Kier alpha value is -1.40. The fraction of sp³-hybridized carbons (Fsp3) is 0.810. The Balaban J connectivity index is 1.20. The third-order valence-corrected chi connectivity index (χ3v) is 7.20. The van der Waals surface area contributed by atoms with Gasteiger partial charge in [-0.25, -0.2) is 10.4 Å². The lowest BCUT2D eigenvalue weighted by atomic mass is 9.59. The molecule has 3 fully saturated rings. The van der Waals surface area contributed by atoms with Gasteiger partial charge in [0, 0.05) is 24.7 Å². The van der Waals surface area contributed by atoms with Gasteiger partial charge in [-0.3, -0.25) is 0 Å². The molecule has 0 radical (unpaired) electrons. The van der Waals surface area contributed by atoms with Crippen LogP contribution in [0, 0.1) is 11.3 Å². The van der Waals surface area contributed by atoms with Gasteiger partial charge < -0.3 is 14.6 Å². The van der Waals surface area contributed by atoms with E-state index in [2.05, 4.69) is 32.3 Å². The molecule has 1 aromatic heterocycles. The summed E-state index contributed by atoms with van der Waals surface area (Å²) >= 11 is 0. The van der Waals surface area contributed by atoms with Crippen LogP contribution in [0.5, 0.6) is 0 Å². The molecule has 2 saturated carbocycles. The van der Waals surface area contributed by atoms with Crippen LogP contribution in [-0.4, -0.2) is 52.9 Å². The van der Waals surface area contributed by atoms with Crippen LogP contribution in [0.3, 0.4) is 0 Å². The third kappa shape index (κ3) is 4.72. The first-order chi connectivity index (χ1) is 13.2. The van der Waals surface area contributed by atoms with E-state index in [4.69, 9.17) is 4.74 Å². The summed E-state index contributed by atoms with van der Waals surface area (Å²) in [5.41, 5.74) is 4.85. The maximum Gasteiger partial charge on any atom is 0.220 e. The second kappa shape index (κ2) is 8.74. The van der Waals surface area contributed by atoms with Crippen molar-refractivity contribution in [3.63, 3.8) is 0 Å². The maximum absolute atomic E-state index is 6.23. The van der Waals surface area contributed by atoms with Crippen LogP contribution in [0.25, 0.3) is 0 Å². The number of likely N-dealkylation sites (tertiary alicyclic amines) is 1. The van der Waals surface area contributed by atoms with Gasteiger partial charge in [-0.1, -0.05) is 6.92 Å². The summed E-state index contributed by atoms with van der Waals surface area (Å²) in [5.74, 6) is 1.43. The highest BCUT2D eigenvalue weighted by Gasteiger charge is 2.42. The lowest BCUT2D eigenvalue weighted by Crippen LogP contribution is -2.40. The van der Waals surface area contributed by atoms with Crippen LogP contribution in [0.1, 0.15) is 64.7 Å². The van der Waals surface area contributed by atoms with Crippen LogP contribution >= 0.6 is 0 Å². The summed E-state index contributed by atoms with van der Waals surface area (Å²) in [7, 11) is 0. The molecule has 3 aliphatic rings. The van der Waals surface area contributed by atoms with Crippen molar-refractivity contribution in [1.29, 1.82) is 0 Å². The van der Waals surface area contributed by atoms with Crippen molar-refractivity contribution in [3.8, 4) is 0 Å². The summed E-state index contributed by atoms with van der Waals surface area (Å²) < 4.78 is 6.23. The van der Waals surface area contributed by atoms with E-state index in [0.29, 0.717) is 17.4 Å². The number of rotatable bonds is 6. The highest BCUT2D eigenvalue weighted by atomic mass is 16.5. The number of aromatic amines is 1. The number of imidazole rings is 1. The van der Waals surface area contributed by atoms with Crippen molar-refractivity contribution in [2.45, 2.75) is 70.8 Å². The fourth-order valence-corrected chi connectivity index (χ4v) is 5.30. The predicted octanol–water partition coefficient (Wildman–Crippen LogP) is 4.04. The predicted molar refractivity (Wildman–Crippen MR) is 109 cm³/mol. The topological polar surface area (TPSA) is 65.5 Å². The first kappa shape index (κ1) is 18.9. The van der Waals surface area contributed by atoms with Gasteiger partial charge in [0.1, 0.15) is 0 Å². The standard InChI is InChI=1S/C21H35N5O/c1-17-16-18(24-25-20-22-10-11-23-20)4-7-21(17)8-5-19(6-9-21)27-15-14-26-12-2-3-13-26/h10-11,17,19H,2-9,12-16H2,1H3,(H2,22,23,25). The Morgan fingerprint density at radius 1 is 1.30 bits per heavy atom. The van der Waals surface area contributed by atoms with Gasteiger partial charge in [0.2, 0.25) is 5.95 Å². The Labute approximate surface area is 163 Å². The number of nitrogens with one attached hydrogen (secondary N) is 2. The molecule has 0 amide bonds. The normalized spacial score (nSPS) is 33.7. The van der Waals surface area contributed by atoms with Crippen molar-refractivity contribution in [1.82, 2.24) is 14.9 Å². The fourth-order valence-electron chi connectivity index (χ4n) is 5.30. The Bertz CT molecular complexity index is 600. The van der Waals surface area contributed by atoms with Crippen molar-refractivity contribution in [2.24, 2.45) is 16.4 Å². The van der Waals surface area contributed by atoms with Gasteiger partial charge in [-0.15, -0.1) is 0 Å². The van der Waals surface area contributed by atoms with Crippen molar-refractivity contribution in [2.75, 3.05) is 31.7 Å². The number of aromatic nitrogens is 2. The molecular formula is C21H35N5O. The monoisotopic (exact) mass is 373 g/mol. The number of hydrogen-bond donors (Lipinski definition) is 2. The number of H-pyrrole nitrogens is 1. The molecule has 1 aliphatic heterocycles. The van der Waals surface area contributed by atoms with Gasteiger partial charge in [0.15, 0.2) is 0 Å². The second-order valence-corrected chi connectivity index (χ2v) is 8.81. The number of hydrazone groups is 1. The molecule has 6 heteroatoms. The van der Waals surface area contributed by atoms with Crippen LogP contribution in [0.15, 0.2) is 17.5 Å². The molecule has 4 rings (SSSR count). The molecule has 0 aromatic carbocycles. The minimum absolute atomic E-state index is 0.487. The van der Waals surface area contributed by atoms with Gasteiger partial charge in [-0.2, -0.15) is 5.10 Å². The van der Waals surface area contributed by atoms with E-state index in [0.717, 1.165) is 31.9 Å². The molecule has 150 valence electrons. The molecule has 1 unspecified atom stereocenters. The van der Waals surface area contributed by atoms with Crippen molar-refractivity contribution in [3.05, 3.63) is 12.4 Å². The molecule has 2 heterocycles. The van der Waals surface area contributed by atoms with Gasteiger partial charge in [0.25, 0.3) is 0 Å². The maximum atomic E-state index is 6.23. The number of anilines is 1. The smallest absolute Gasteiger partial charge is 0.220 e. The Morgan fingerprint density at radius 3 is 2.81 bits per heavy atom. The first-order valence-electron chi connectivity index (χ1n) is 10.9. The van der Waals surface area contributed by atoms with E-state index in [-0.39, 0.29) is 0 Å². The van der Waals surface area contributed by atoms with Crippen LogP contribution in [-0.2, 0) is 4.74 Å². The largest absolute Gasteiger partial charge is 0.377 e. The number of hydrogen-bond acceptors (Lipinski definition) is 5. The summed E-state index contributed by atoms with van der Waals surface area (Å²) in [6, 6.07) is 0. The van der Waals surface area contributed by atoms with E-state index in [1.807, 2.05) is 6.20 Å². The molecule has 2 aliphatic carbocycles. The number of ether oxygens (including phenoxy) is 1. The zero-order valence-corrected chi connectivity index (χ0v) is 16.8. The Kier molecular flexibility index (Phi) is 6.13. The van der Waals surface area contributed by atoms with E-state index >= 15 is 0 Å². The number of nitrogens with zero attached hydrogens (tertiary/aromatic N) is 3. The minimum atomic E-state index is 0.487. The second-order valence-electron chi connectivity index (χ2n) is 8.81. The van der Waals surface area contributed by atoms with Crippen LogP contribution in [0.4, 0.5) is 5.95 Å².